The lowest BCUT2D eigenvalue weighted by atomic mass is 10.1. The van der Waals surface area contributed by atoms with Gasteiger partial charge < -0.3 is 24.4 Å². The molecule has 1 aromatic rings. The van der Waals surface area contributed by atoms with Crippen molar-refractivity contribution in [1.29, 1.82) is 0 Å². The summed E-state index contributed by atoms with van der Waals surface area (Å²) in [7, 11) is 2.09. The molecule has 1 aliphatic rings. The molecule has 0 saturated heterocycles. The van der Waals surface area contributed by atoms with Crippen LogP contribution in [-0.4, -0.2) is 78.6 Å². The van der Waals surface area contributed by atoms with Crippen LogP contribution in [0.3, 0.4) is 0 Å². The van der Waals surface area contributed by atoms with Crippen LogP contribution in [0.1, 0.15) is 19.0 Å². The molecule has 1 aromatic heterocycles. The Kier molecular flexibility index (Phi) is 9.42. The van der Waals surface area contributed by atoms with Gasteiger partial charge in [-0.2, -0.15) is 4.37 Å². The number of likely N-dealkylation sites (N-methyl/N-ethyl adjacent to an activating group) is 1. The maximum absolute atomic E-state index is 11.3. The molecular formula is C14H21N3O6S2. The van der Waals surface area contributed by atoms with E-state index in [-0.39, 0.29) is 0 Å². The van der Waals surface area contributed by atoms with E-state index in [2.05, 4.69) is 26.8 Å². The van der Waals surface area contributed by atoms with Gasteiger partial charge in [0, 0.05) is 13.1 Å². The van der Waals surface area contributed by atoms with Crippen LogP contribution in [0.4, 0.5) is 0 Å². The van der Waals surface area contributed by atoms with Crippen molar-refractivity contribution in [2.75, 3.05) is 38.2 Å². The van der Waals surface area contributed by atoms with Crippen molar-refractivity contribution in [1.82, 2.24) is 13.6 Å². The van der Waals surface area contributed by atoms with Gasteiger partial charge in [0.1, 0.15) is 23.8 Å². The van der Waals surface area contributed by atoms with Gasteiger partial charge in [0.25, 0.3) is 5.88 Å². The largest absolute Gasteiger partial charge is 0.616 e. The number of hydrogen-bond donors (Lipinski definition) is 2. The topological polar surface area (TPSA) is 136 Å². The molecule has 11 heteroatoms. The first-order valence-electron chi connectivity index (χ1n) is 7.49. The first-order valence-corrected chi connectivity index (χ1v) is 9.71. The molecule has 0 radical (unpaired) electrons. The highest BCUT2D eigenvalue weighted by Crippen LogP contribution is 2.26. The average molecular weight is 391 g/mol. The molecule has 0 bridgehead atoms. The lowest BCUT2D eigenvalue weighted by molar-refractivity contribution is -0.159. The fraction of sp³-hybridized carbons (Fsp3) is 0.571. The first-order chi connectivity index (χ1) is 11.8. The molecule has 0 aliphatic carbocycles. The molecule has 0 spiro atoms. The molecule has 25 heavy (non-hydrogen) atoms. The van der Waals surface area contributed by atoms with Gasteiger partial charge in [0.2, 0.25) is 0 Å². The number of aliphatic carboxylic acids is 2. The third-order valence-electron chi connectivity index (χ3n) is 3.16. The number of aromatic nitrogens is 2. The third-order valence-corrected chi connectivity index (χ3v) is 4.94. The Morgan fingerprint density at radius 3 is 2.64 bits per heavy atom. The van der Waals surface area contributed by atoms with E-state index in [1.807, 2.05) is 6.92 Å². The summed E-state index contributed by atoms with van der Waals surface area (Å²) in [5.41, 5.74) is 2.02. The zero-order chi connectivity index (χ0) is 18.8. The minimum atomic E-state index is -1.82. The molecule has 0 saturated carbocycles. The lowest BCUT2D eigenvalue weighted by Crippen LogP contribution is -2.25. The molecule has 140 valence electrons. The van der Waals surface area contributed by atoms with Crippen LogP contribution in [0.25, 0.3) is 5.57 Å². The monoisotopic (exact) mass is 391 g/mol. The van der Waals surface area contributed by atoms with Crippen LogP contribution >= 0.6 is 11.7 Å². The van der Waals surface area contributed by atoms with E-state index >= 15 is 0 Å². The summed E-state index contributed by atoms with van der Waals surface area (Å²) in [5, 5.41) is 14.8. The Morgan fingerprint density at radius 1 is 1.40 bits per heavy atom. The Morgan fingerprint density at radius 2 is 2.08 bits per heavy atom. The normalized spacial score (nSPS) is 15.6. The van der Waals surface area contributed by atoms with Gasteiger partial charge in [-0.3, -0.25) is 0 Å². The second kappa shape index (κ2) is 11.0. The summed E-state index contributed by atoms with van der Waals surface area (Å²) in [5.74, 6) is -1.85. The van der Waals surface area contributed by atoms with Crippen LogP contribution in [0.15, 0.2) is 6.08 Å². The van der Waals surface area contributed by atoms with Crippen LogP contribution in [-0.2, 0) is 20.8 Å². The molecular weight excluding hydrogens is 370 g/mol. The number of nitrogens with zero attached hydrogens (tertiary/aromatic N) is 3. The average Bonchev–Trinajstić information content (AvgIpc) is 3.03. The second-order valence-electron chi connectivity index (χ2n) is 5.07. The Labute approximate surface area is 152 Å². The summed E-state index contributed by atoms with van der Waals surface area (Å²) in [4.78, 5) is 20.5. The van der Waals surface area contributed by atoms with Gasteiger partial charge in [-0.15, -0.1) is 4.37 Å². The number of rotatable bonds is 6. The van der Waals surface area contributed by atoms with Gasteiger partial charge in [0.05, 0.1) is 11.7 Å². The van der Waals surface area contributed by atoms with Gasteiger partial charge in [-0.1, -0.05) is 17.3 Å². The van der Waals surface area contributed by atoms with E-state index in [4.69, 9.17) is 24.5 Å². The van der Waals surface area contributed by atoms with Crippen molar-refractivity contribution in [3.05, 3.63) is 11.8 Å². The second-order valence-corrected chi connectivity index (χ2v) is 7.46. The fourth-order valence-corrected chi connectivity index (χ4v) is 3.00. The Balaban J connectivity index is 0.000000450. The van der Waals surface area contributed by atoms with Gasteiger partial charge in [-0.05, 0) is 26.0 Å². The van der Waals surface area contributed by atoms with E-state index in [9.17, 15) is 4.55 Å². The molecule has 1 aliphatic heterocycles. The van der Waals surface area contributed by atoms with Crippen LogP contribution in [0.5, 0.6) is 5.88 Å². The maximum Gasteiger partial charge on any atom is 0.414 e. The number of ether oxygens (including phenoxy) is 1. The molecule has 1 unspecified atom stereocenters. The van der Waals surface area contributed by atoms with E-state index < -0.39 is 23.1 Å². The molecule has 2 rings (SSSR count). The van der Waals surface area contributed by atoms with E-state index in [0.29, 0.717) is 24.0 Å². The molecule has 0 amide bonds. The molecule has 9 nitrogen and oxygen atoms in total. The van der Waals surface area contributed by atoms with E-state index in [1.54, 1.807) is 0 Å². The number of carboxylic acids is 2. The summed E-state index contributed by atoms with van der Waals surface area (Å²) < 4.78 is 25.5. The molecule has 1 atom stereocenters. The molecule has 2 heterocycles. The van der Waals surface area contributed by atoms with E-state index in [1.165, 1.54) is 17.3 Å². The zero-order valence-corrected chi connectivity index (χ0v) is 15.6. The molecule has 2 N–H and O–H groups in total. The summed E-state index contributed by atoms with van der Waals surface area (Å²) in [6.45, 7) is 4.30. The standard InChI is InChI=1S/C12H19N3O2S2.C2H2O4/c1-3-19(16)8-7-17-12-11(13-18-14-12)10-5-4-6-15(2)9-10;3-1(4)2(5)6/h5H,3-4,6-9H2,1-2H3;(H,3,4)(H,5,6). The quantitative estimate of drug-likeness (QED) is 0.526. The maximum atomic E-state index is 11.3. The summed E-state index contributed by atoms with van der Waals surface area (Å²) in [6.07, 6.45) is 3.23. The number of carbonyl (C=O) groups is 2. The highest BCUT2D eigenvalue weighted by Gasteiger charge is 2.18. The van der Waals surface area contributed by atoms with Gasteiger partial charge in [-0.25, -0.2) is 9.59 Å². The van der Waals surface area contributed by atoms with Crippen LogP contribution in [0, 0.1) is 0 Å². The molecule has 0 aromatic carbocycles. The molecule has 0 fully saturated rings. The summed E-state index contributed by atoms with van der Waals surface area (Å²) in [6, 6.07) is 0. The van der Waals surface area contributed by atoms with Crippen molar-refractivity contribution in [3.63, 3.8) is 0 Å². The lowest BCUT2D eigenvalue weighted by Gasteiger charge is -2.22. The fourth-order valence-electron chi connectivity index (χ4n) is 1.91. The highest BCUT2D eigenvalue weighted by atomic mass is 32.2. The predicted octanol–water partition coefficient (Wildman–Crippen LogP) is 0.560. The van der Waals surface area contributed by atoms with Crippen molar-refractivity contribution in [3.8, 4) is 5.88 Å². The van der Waals surface area contributed by atoms with Crippen molar-refractivity contribution < 1.29 is 29.1 Å². The first kappa shape index (κ1) is 21.4. The number of carboxylic acid groups (broad SMARTS) is 2. The summed E-state index contributed by atoms with van der Waals surface area (Å²) >= 11 is 0.367. The van der Waals surface area contributed by atoms with Crippen LogP contribution < -0.4 is 4.74 Å². The van der Waals surface area contributed by atoms with Gasteiger partial charge >= 0.3 is 11.9 Å². The minimum absolute atomic E-state index is 0.433. The highest BCUT2D eigenvalue weighted by molar-refractivity contribution is 7.91. The van der Waals surface area contributed by atoms with Crippen molar-refractivity contribution in [2.45, 2.75) is 13.3 Å². The third kappa shape index (κ3) is 7.82. The Hall–Kier alpha value is -1.69. The smallest absolute Gasteiger partial charge is 0.414 e. The Bertz CT molecular complexity index is 595. The minimum Gasteiger partial charge on any atom is -0.616 e. The van der Waals surface area contributed by atoms with E-state index in [0.717, 1.165) is 25.2 Å². The van der Waals surface area contributed by atoms with Crippen LogP contribution in [0.2, 0.25) is 0 Å². The zero-order valence-electron chi connectivity index (χ0n) is 14.0. The number of hydrogen-bond acceptors (Lipinski definition) is 8. The van der Waals surface area contributed by atoms with Gasteiger partial charge in [0.15, 0.2) is 0 Å². The predicted molar refractivity (Wildman–Crippen MR) is 94.3 cm³/mol. The van der Waals surface area contributed by atoms with Crippen molar-refractivity contribution in [2.24, 2.45) is 0 Å². The SMILES string of the molecule is CC[S+]([O-])CCOc1nsnc1C1=CCCN(C)C1.O=C(O)C(=O)O. The van der Waals surface area contributed by atoms with Crippen molar-refractivity contribution >= 4 is 40.4 Å².